The Balaban J connectivity index is 1.36. The van der Waals surface area contributed by atoms with E-state index < -0.39 is 0 Å². The highest BCUT2D eigenvalue weighted by Gasteiger charge is 2.46. The number of benzene rings is 1. The third-order valence-corrected chi connectivity index (χ3v) is 7.00. The second-order valence-electron chi connectivity index (χ2n) is 8.72. The Kier molecular flexibility index (Phi) is 6.00. The van der Waals surface area contributed by atoms with E-state index in [0.717, 1.165) is 77.7 Å². The molecule has 0 radical (unpaired) electrons. The molecule has 0 unspecified atom stereocenters. The first-order valence-corrected chi connectivity index (χ1v) is 11.0. The van der Waals surface area contributed by atoms with E-state index in [0.29, 0.717) is 13.0 Å². The lowest BCUT2D eigenvalue weighted by molar-refractivity contribution is -0.141. The Labute approximate surface area is 168 Å². The van der Waals surface area contributed by atoms with Gasteiger partial charge in [-0.25, -0.2) is 0 Å². The first-order chi connectivity index (χ1) is 13.7. The zero-order chi connectivity index (χ0) is 19.4. The van der Waals surface area contributed by atoms with Gasteiger partial charge in [0.05, 0.1) is 0 Å². The van der Waals surface area contributed by atoms with E-state index in [-0.39, 0.29) is 17.4 Å². The Morgan fingerprint density at radius 1 is 0.929 bits per heavy atom. The van der Waals surface area contributed by atoms with Crippen molar-refractivity contribution >= 4 is 11.8 Å². The van der Waals surface area contributed by atoms with Gasteiger partial charge in [-0.3, -0.25) is 9.59 Å². The molecule has 4 rings (SSSR count). The minimum atomic E-state index is -0.0893. The Bertz CT molecular complexity index is 686. The van der Waals surface area contributed by atoms with Crippen LogP contribution in [0.5, 0.6) is 0 Å². The number of carbonyl (C=O) groups excluding carboxylic acids is 2. The van der Waals surface area contributed by atoms with Crippen molar-refractivity contribution in [1.82, 2.24) is 14.7 Å². The van der Waals surface area contributed by atoms with E-state index in [1.165, 1.54) is 5.56 Å². The van der Waals surface area contributed by atoms with Gasteiger partial charge < -0.3 is 14.7 Å². The minimum absolute atomic E-state index is 0.0893. The zero-order valence-electron chi connectivity index (χ0n) is 16.9. The van der Waals surface area contributed by atoms with Crippen LogP contribution in [0.2, 0.25) is 0 Å². The molecular formula is C23H33N3O2. The monoisotopic (exact) mass is 383 g/mol. The summed E-state index contributed by atoms with van der Waals surface area (Å²) in [7, 11) is 0. The van der Waals surface area contributed by atoms with Gasteiger partial charge in [-0.15, -0.1) is 0 Å². The van der Waals surface area contributed by atoms with Crippen LogP contribution in [0.1, 0.15) is 50.5 Å². The average molecular weight is 384 g/mol. The molecule has 0 N–H and O–H groups in total. The van der Waals surface area contributed by atoms with Gasteiger partial charge in [-0.1, -0.05) is 30.3 Å². The van der Waals surface area contributed by atoms with E-state index >= 15 is 0 Å². The molecule has 0 saturated carbocycles. The molecule has 3 saturated heterocycles. The number of carbonyl (C=O) groups is 2. The summed E-state index contributed by atoms with van der Waals surface area (Å²) in [6, 6.07) is 10.7. The van der Waals surface area contributed by atoms with Gasteiger partial charge in [0.1, 0.15) is 6.54 Å². The SMILES string of the molecule is O=C(CN1C(=O)CC[C@@]12CCCN(CCc1ccccc1)CC2)N1CCCC1. The molecule has 1 aromatic carbocycles. The van der Waals surface area contributed by atoms with Crippen molar-refractivity contribution < 1.29 is 9.59 Å². The summed E-state index contributed by atoms with van der Waals surface area (Å²) in [5.41, 5.74) is 1.30. The molecule has 3 fully saturated rings. The molecule has 3 aliphatic rings. The molecular weight excluding hydrogens is 350 g/mol. The quantitative estimate of drug-likeness (QED) is 0.785. The van der Waals surface area contributed by atoms with E-state index in [1.54, 1.807) is 0 Å². The average Bonchev–Trinajstić information content (AvgIpc) is 3.29. The highest BCUT2D eigenvalue weighted by atomic mass is 16.2. The molecule has 2 amide bonds. The number of hydrogen-bond acceptors (Lipinski definition) is 3. The van der Waals surface area contributed by atoms with Crippen LogP contribution in [0.25, 0.3) is 0 Å². The highest BCUT2D eigenvalue weighted by Crippen LogP contribution is 2.39. The van der Waals surface area contributed by atoms with E-state index in [2.05, 4.69) is 35.2 Å². The van der Waals surface area contributed by atoms with Gasteiger partial charge in [0, 0.05) is 38.1 Å². The van der Waals surface area contributed by atoms with Crippen molar-refractivity contribution in [2.75, 3.05) is 39.3 Å². The molecule has 1 aromatic rings. The summed E-state index contributed by atoms with van der Waals surface area (Å²) < 4.78 is 0. The maximum atomic E-state index is 12.7. The summed E-state index contributed by atoms with van der Waals surface area (Å²) in [5.74, 6) is 0.336. The molecule has 28 heavy (non-hydrogen) atoms. The van der Waals surface area contributed by atoms with Crippen LogP contribution in [0, 0.1) is 0 Å². The first-order valence-electron chi connectivity index (χ1n) is 11.0. The largest absolute Gasteiger partial charge is 0.341 e. The molecule has 0 bridgehead atoms. The topological polar surface area (TPSA) is 43.9 Å². The fourth-order valence-electron chi connectivity index (χ4n) is 5.24. The van der Waals surface area contributed by atoms with E-state index in [9.17, 15) is 9.59 Å². The van der Waals surface area contributed by atoms with Crippen LogP contribution in [-0.4, -0.2) is 71.3 Å². The third-order valence-electron chi connectivity index (χ3n) is 7.00. The van der Waals surface area contributed by atoms with Gasteiger partial charge in [0.15, 0.2) is 0 Å². The molecule has 5 heteroatoms. The Morgan fingerprint density at radius 3 is 2.50 bits per heavy atom. The minimum Gasteiger partial charge on any atom is -0.341 e. The van der Waals surface area contributed by atoms with E-state index in [1.807, 2.05) is 9.80 Å². The summed E-state index contributed by atoms with van der Waals surface area (Å²) >= 11 is 0. The summed E-state index contributed by atoms with van der Waals surface area (Å²) in [4.78, 5) is 31.8. The lowest BCUT2D eigenvalue weighted by Crippen LogP contribution is -2.51. The van der Waals surface area contributed by atoms with Gasteiger partial charge in [0.2, 0.25) is 11.8 Å². The Morgan fingerprint density at radius 2 is 1.71 bits per heavy atom. The van der Waals surface area contributed by atoms with Gasteiger partial charge in [-0.2, -0.15) is 0 Å². The maximum Gasteiger partial charge on any atom is 0.242 e. The Hall–Kier alpha value is -1.88. The summed E-state index contributed by atoms with van der Waals surface area (Å²) in [6.45, 7) is 5.21. The van der Waals surface area contributed by atoms with Crippen LogP contribution in [0.15, 0.2) is 30.3 Å². The van der Waals surface area contributed by atoms with Crippen LogP contribution >= 0.6 is 0 Å². The standard InChI is InChI=1S/C23H33N3O2/c27-21-9-12-23(26(21)19-22(28)25-15-4-5-16-25)11-6-14-24(18-13-23)17-10-20-7-2-1-3-8-20/h1-3,7-8H,4-6,9-19H2/t23-/m1/s1. The normalized spacial score (nSPS) is 26.2. The highest BCUT2D eigenvalue weighted by molar-refractivity contribution is 5.87. The van der Waals surface area contributed by atoms with Crippen LogP contribution in [-0.2, 0) is 16.0 Å². The van der Waals surface area contributed by atoms with Gasteiger partial charge in [0.25, 0.3) is 0 Å². The summed E-state index contributed by atoms with van der Waals surface area (Å²) in [6.07, 6.45) is 7.94. The lowest BCUT2D eigenvalue weighted by Gasteiger charge is -2.38. The number of hydrogen-bond donors (Lipinski definition) is 0. The van der Waals surface area contributed by atoms with Crippen molar-refractivity contribution in [3.05, 3.63) is 35.9 Å². The summed E-state index contributed by atoms with van der Waals surface area (Å²) in [5, 5.41) is 0. The van der Waals surface area contributed by atoms with Gasteiger partial charge in [-0.05, 0) is 57.1 Å². The molecule has 0 aliphatic carbocycles. The third kappa shape index (κ3) is 4.24. The predicted octanol–water partition coefficient (Wildman–Crippen LogP) is 2.70. The number of likely N-dealkylation sites (tertiary alicyclic amines) is 3. The fraction of sp³-hybridized carbons (Fsp3) is 0.652. The smallest absolute Gasteiger partial charge is 0.242 e. The second-order valence-corrected chi connectivity index (χ2v) is 8.72. The number of amides is 2. The first kappa shape index (κ1) is 19.4. The van der Waals surface area contributed by atoms with Crippen molar-refractivity contribution in [3.63, 3.8) is 0 Å². The predicted molar refractivity (Wildman–Crippen MR) is 110 cm³/mol. The molecule has 1 spiro atoms. The van der Waals surface area contributed by atoms with Gasteiger partial charge >= 0.3 is 0 Å². The van der Waals surface area contributed by atoms with Crippen LogP contribution in [0.3, 0.4) is 0 Å². The number of rotatable bonds is 5. The molecule has 3 heterocycles. The van der Waals surface area contributed by atoms with E-state index in [4.69, 9.17) is 0 Å². The molecule has 152 valence electrons. The molecule has 3 aliphatic heterocycles. The van der Waals surface area contributed by atoms with Crippen molar-refractivity contribution in [1.29, 1.82) is 0 Å². The van der Waals surface area contributed by atoms with Crippen LogP contribution in [0.4, 0.5) is 0 Å². The van der Waals surface area contributed by atoms with Crippen LogP contribution < -0.4 is 0 Å². The van der Waals surface area contributed by atoms with Crippen molar-refractivity contribution in [2.45, 2.75) is 56.9 Å². The zero-order valence-corrected chi connectivity index (χ0v) is 16.9. The maximum absolute atomic E-state index is 12.7. The fourth-order valence-corrected chi connectivity index (χ4v) is 5.24. The van der Waals surface area contributed by atoms with Crippen molar-refractivity contribution in [3.8, 4) is 0 Å². The molecule has 5 nitrogen and oxygen atoms in total. The lowest BCUT2D eigenvalue weighted by atomic mass is 9.87. The molecule has 1 atom stereocenters. The molecule has 0 aromatic heterocycles. The van der Waals surface area contributed by atoms with Crippen molar-refractivity contribution in [2.24, 2.45) is 0 Å². The number of nitrogens with zero attached hydrogens (tertiary/aromatic N) is 3. The second kappa shape index (κ2) is 8.64.